The molecule has 2 rings (SSSR count). The summed E-state index contributed by atoms with van der Waals surface area (Å²) in [5.41, 5.74) is 5.65. The van der Waals surface area contributed by atoms with E-state index in [0.29, 0.717) is 11.6 Å². The van der Waals surface area contributed by atoms with Crippen molar-refractivity contribution < 1.29 is 13.2 Å². The van der Waals surface area contributed by atoms with Crippen LogP contribution in [0.1, 0.15) is 26.3 Å². The fourth-order valence-corrected chi connectivity index (χ4v) is 1.85. The molecule has 0 saturated heterocycles. The van der Waals surface area contributed by atoms with Crippen molar-refractivity contribution in [2.75, 3.05) is 5.73 Å². The molecule has 0 aliphatic rings. The van der Waals surface area contributed by atoms with Gasteiger partial charge in [0.2, 0.25) is 0 Å². The normalized spacial score (nSPS) is 12.1. The molecule has 0 atom stereocenters. The van der Waals surface area contributed by atoms with Crippen molar-refractivity contribution in [3.8, 4) is 0 Å². The molecule has 0 amide bonds. The number of aromatic nitrogens is 1. The third-order valence-electron chi connectivity index (χ3n) is 2.79. The smallest absolute Gasteiger partial charge is 0.168 e. The van der Waals surface area contributed by atoms with Crippen LogP contribution in [-0.2, 0) is 5.41 Å². The van der Waals surface area contributed by atoms with Crippen LogP contribution in [0.2, 0.25) is 0 Å². The zero-order valence-corrected chi connectivity index (χ0v) is 10.3. The summed E-state index contributed by atoms with van der Waals surface area (Å²) in [5.74, 6) is -3.13. The second kappa shape index (κ2) is 3.86. The molecule has 0 bridgehead atoms. The molecule has 1 aromatic carbocycles. The first kappa shape index (κ1) is 12.7. The van der Waals surface area contributed by atoms with Gasteiger partial charge in [-0.2, -0.15) is 0 Å². The van der Waals surface area contributed by atoms with Gasteiger partial charge in [0.1, 0.15) is 11.3 Å². The molecule has 2 N–H and O–H groups in total. The van der Waals surface area contributed by atoms with Crippen LogP contribution in [0.4, 0.5) is 19.0 Å². The molecule has 0 radical (unpaired) electrons. The molecule has 18 heavy (non-hydrogen) atoms. The Morgan fingerprint density at radius 2 is 1.67 bits per heavy atom. The second-order valence-electron chi connectivity index (χ2n) is 5.22. The highest BCUT2D eigenvalue weighted by Crippen LogP contribution is 2.32. The summed E-state index contributed by atoms with van der Waals surface area (Å²) in [5, 5.41) is -0.188. The third kappa shape index (κ3) is 1.89. The van der Waals surface area contributed by atoms with Crippen LogP contribution in [0.3, 0.4) is 0 Å². The predicted molar refractivity (Wildman–Crippen MR) is 64.7 cm³/mol. The van der Waals surface area contributed by atoms with Gasteiger partial charge in [-0.15, -0.1) is 0 Å². The first-order valence-corrected chi connectivity index (χ1v) is 5.46. The maximum Gasteiger partial charge on any atom is 0.168 e. The van der Waals surface area contributed by atoms with E-state index in [4.69, 9.17) is 5.73 Å². The number of anilines is 1. The van der Waals surface area contributed by atoms with E-state index >= 15 is 0 Å². The van der Waals surface area contributed by atoms with Crippen LogP contribution in [0, 0.1) is 17.5 Å². The summed E-state index contributed by atoms with van der Waals surface area (Å²) >= 11 is 0. The molecule has 0 spiro atoms. The Bertz CT molecular complexity index is 630. The minimum atomic E-state index is -1.23. The lowest BCUT2D eigenvalue weighted by molar-refractivity contribution is 0.504. The Labute approximate surface area is 103 Å². The van der Waals surface area contributed by atoms with Crippen LogP contribution in [0.5, 0.6) is 0 Å². The van der Waals surface area contributed by atoms with E-state index in [2.05, 4.69) is 4.98 Å². The summed E-state index contributed by atoms with van der Waals surface area (Å²) in [6.07, 6.45) is 0. The van der Waals surface area contributed by atoms with Crippen LogP contribution in [-0.4, -0.2) is 4.98 Å². The van der Waals surface area contributed by atoms with Gasteiger partial charge in [-0.25, -0.2) is 18.2 Å². The van der Waals surface area contributed by atoms with Gasteiger partial charge in [0.25, 0.3) is 0 Å². The number of rotatable bonds is 0. The van der Waals surface area contributed by atoms with Gasteiger partial charge in [-0.05, 0) is 11.5 Å². The Hall–Kier alpha value is -1.78. The largest absolute Gasteiger partial charge is 0.383 e. The summed E-state index contributed by atoms with van der Waals surface area (Å²) in [7, 11) is 0. The number of hydrogen-bond donors (Lipinski definition) is 1. The molecular formula is C13H13F3N2. The summed E-state index contributed by atoms with van der Waals surface area (Å²) in [6, 6.07) is 1.83. The summed E-state index contributed by atoms with van der Waals surface area (Å²) < 4.78 is 40.3. The Balaban J connectivity index is 2.90. The van der Waals surface area contributed by atoms with Crippen molar-refractivity contribution in [3.63, 3.8) is 0 Å². The Morgan fingerprint density at radius 3 is 2.22 bits per heavy atom. The topological polar surface area (TPSA) is 38.9 Å². The van der Waals surface area contributed by atoms with Gasteiger partial charge < -0.3 is 5.73 Å². The van der Waals surface area contributed by atoms with Gasteiger partial charge in [-0.3, -0.25) is 0 Å². The maximum absolute atomic E-state index is 13.7. The van der Waals surface area contributed by atoms with Gasteiger partial charge in [0, 0.05) is 17.0 Å². The average Bonchev–Trinajstić information content (AvgIpc) is 2.24. The zero-order chi connectivity index (χ0) is 13.7. The molecule has 2 nitrogen and oxygen atoms in total. The van der Waals surface area contributed by atoms with Crippen molar-refractivity contribution in [2.24, 2.45) is 0 Å². The van der Waals surface area contributed by atoms with E-state index in [1.165, 1.54) is 6.07 Å². The quantitative estimate of drug-likeness (QED) is 0.730. The van der Waals surface area contributed by atoms with Gasteiger partial charge in [-0.1, -0.05) is 20.8 Å². The van der Waals surface area contributed by atoms with Gasteiger partial charge in [0.05, 0.1) is 0 Å². The average molecular weight is 254 g/mol. The lowest BCUT2D eigenvalue weighted by Gasteiger charge is -2.21. The number of pyridine rings is 1. The standard InChI is InChI=1S/C13H13F3N2/c1-13(2,3)7-4-6-10(16)8(14)5-9(15)11(6)18-12(7)17/h4-5H,1-3H3,(H2,17,18). The number of nitrogen functional groups attached to an aromatic ring is 1. The molecule has 0 aliphatic carbocycles. The third-order valence-corrected chi connectivity index (χ3v) is 2.79. The molecule has 5 heteroatoms. The molecule has 0 aliphatic heterocycles. The highest BCUT2D eigenvalue weighted by atomic mass is 19.2. The first-order chi connectivity index (χ1) is 8.21. The summed E-state index contributed by atoms with van der Waals surface area (Å²) in [4.78, 5) is 3.84. The van der Waals surface area contributed by atoms with Gasteiger partial charge >= 0.3 is 0 Å². The number of nitrogens with zero attached hydrogens (tertiary/aromatic N) is 1. The van der Waals surface area contributed by atoms with Crippen molar-refractivity contribution in [1.82, 2.24) is 4.98 Å². The number of hydrogen-bond acceptors (Lipinski definition) is 2. The molecule has 96 valence electrons. The first-order valence-electron chi connectivity index (χ1n) is 5.46. The minimum Gasteiger partial charge on any atom is -0.383 e. The lowest BCUT2D eigenvalue weighted by Crippen LogP contribution is -2.15. The molecule has 0 unspecified atom stereocenters. The number of halogens is 3. The highest BCUT2D eigenvalue weighted by molar-refractivity contribution is 5.83. The molecule has 0 saturated carbocycles. The van der Waals surface area contributed by atoms with E-state index in [9.17, 15) is 13.2 Å². The molecule has 2 aromatic rings. The van der Waals surface area contributed by atoms with E-state index < -0.39 is 17.5 Å². The zero-order valence-electron chi connectivity index (χ0n) is 10.3. The minimum absolute atomic E-state index is 0.125. The molecular weight excluding hydrogens is 241 g/mol. The summed E-state index contributed by atoms with van der Waals surface area (Å²) in [6.45, 7) is 5.58. The van der Waals surface area contributed by atoms with Crippen molar-refractivity contribution in [1.29, 1.82) is 0 Å². The van der Waals surface area contributed by atoms with Crippen molar-refractivity contribution in [2.45, 2.75) is 26.2 Å². The monoisotopic (exact) mass is 254 g/mol. The molecule has 0 fully saturated rings. The van der Waals surface area contributed by atoms with Crippen LogP contribution < -0.4 is 5.73 Å². The van der Waals surface area contributed by atoms with Crippen LogP contribution in [0.15, 0.2) is 12.1 Å². The lowest BCUT2D eigenvalue weighted by atomic mass is 9.86. The fraction of sp³-hybridized carbons (Fsp3) is 0.308. The van der Waals surface area contributed by atoms with Crippen LogP contribution >= 0.6 is 0 Å². The van der Waals surface area contributed by atoms with E-state index in [0.717, 1.165) is 0 Å². The number of fused-ring (bicyclic) bond motifs is 1. The molecule has 1 heterocycles. The fourth-order valence-electron chi connectivity index (χ4n) is 1.85. The Kier molecular flexibility index (Phi) is 2.72. The SMILES string of the molecule is CC(C)(C)c1cc2c(F)c(F)cc(F)c2nc1N. The second-order valence-corrected chi connectivity index (χ2v) is 5.22. The Morgan fingerprint density at radius 1 is 1.06 bits per heavy atom. The molecule has 1 aromatic heterocycles. The maximum atomic E-state index is 13.7. The number of nitrogens with two attached hydrogens (primary N) is 1. The van der Waals surface area contributed by atoms with E-state index in [-0.39, 0.29) is 22.1 Å². The van der Waals surface area contributed by atoms with E-state index in [1.54, 1.807) is 0 Å². The highest BCUT2D eigenvalue weighted by Gasteiger charge is 2.22. The van der Waals surface area contributed by atoms with Crippen molar-refractivity contribution in [3.05, 3.63) is 35.1 Å². The van der Waals surface area contributed by atoms with Crippen LogP contribution in [0.25, 0.3) is 10.9 Å². The van der Waals surface area contributed by atoms with Crippen molar-refractivity contribution >= 4 is 16.7 Å². The number of benzene rings is 1. The van der Waals surface area contributed by atoms with Gasteiger partial charge in [0.15, 0.2) is 17.5 Å². The van der Waals surface area contributed by atoms with E-state index in [1.807, 2.05) is 20.8 Å². The predicted octanol–water partition coefficient (Wildman–Crippen LogP) is 3.53.